The third-order valence-corrected chi connectivity index (χ3v) is 7.39. The molecular weight excluding hydrogens is 542 g/mol. The Morgan fingerprint density at radius 2 is 1.84 bits per heavy atom. The normalized spacial score (nSPS) is 15.4. The third-order valence-electron chi connectivity index (χ3n) is 5.21. The van der Waals surface area contributed by atoms with Crippen molar-refractivity contribution in [3.8, 4) is 6.01 Å². The van der Waals surface area contributed by atoms with Gasteiger partial charge in [0.25, 0.3) is 0 Å². The highest BCUT2D eigenvalue weighted by molar-refractivity contribution is 7.89. The Morgan fingerprint density at radius 1 is 1.11 bits per heavy atom. The number of aromatic nitrogens is 4. The largest absolute Gasteiger partial charge is 0.454 e. The van der Waals surface area contributed by atoms with Gasteiger partial charge in [0.1, 0.15) is 10.7 Å². The zero-order valence-electron chi connectivity index (χ0n) is 18.9. The van der Waals surface area contributed by atoms with Gasteiger partial charge >= 0.3 is 12.2 Å². The Morgan fingerprint density at radius 3 is 2.49 bits per heavy atom. The molecule has 198 valence electrons. The number of piperidine rings is 1. The number of benzene rings is 1. The average molecular weight is 562 g/mol. The lowest BCUT2D eigenvalue weighted by Gasteiger charge is -2.31. The number of hydrogen-bond acceptors (Lipinski definition) is 9. The Bertz CT molecular complexity index is 1340. The van der Waals surface area contributed by atoms with Crippen molar-refractivity contribution in [2.24, 2.45) is 0 Å². The van der Waals surface area contributed by atoms with Crippen molar-refractivity contribution in [3.63, 3.8) is 0 Å². The van der Waals surface area contributed by atoms with Gasteiger partial charge in [-0.2, -0.15) is 32.4 Å². The number of alkyl halides is 3. The second-order valence-electron chi connectivity index (χ2n) is 7.93. The van der Waals surface area contributed by atoms with Gasteiger partial charge in [0.15, 0.2) is 6.61 Å². The minimum absolute atomic E-state index is 0.0851. The van der Waals surface area contributed by atoms with Gasteiger partial charge in [0.2, 0.25) is 21.9 Å². The molecule has 0 unspecified atom stereocenters. The van der Waals surface area contributed by atoms with Crippen molar-refractivity contribution >= 4 is 39.2 Å². The van der Waals surface area contributed by atoms with E-state index in [1.807, 2.05) is 0 Å². The van der Waals surface area contributed by atoms with Crippen LogP contribution in [-0.4, -0.2) is 64.6 Å². The summed E-state index contributed by atoms with van der Waals surface area (Å²) in [4.78, 5) is 15.8. The molecule has 0 bridgehead atoms. The minimum Gasteiger partial charge on any atom is -0.454 e. The fourth-order valence-electron chi connectivity index (χ4n) is 3.46. The van der Waals surface area contributed by atoms with Gasteiger partial charge in [-0.3, -0.25) is 4.98 Å². The summed E-state index contributed by atoms with van der Waals surface area (Å²) in [5, 5.41) is 5.54. The van der Waals surface area contributed by atoms with E-state index in [1.54, 1.807) is 0 Å². The summed E-state index contributed by atoms with van der Waals surface area (Å²) in [5.74, 6) is -0.915. The number of ether oxygens (including phenoxy) is 1. The number of hydrogen-bond donors (Lipinski definition) is 2. The van der Waals surface area contributed by atoms with E-state index in [0.717, 1.165) is 6.07 Å². The first-order valence-corrected chi connectivity index (χ1v) is 12.7. The Kier molecular flexibility index (Phi) is 7.94. The molecule has 3 aromatic rings. The molecule has 1 aliphatic heterocycles. The van der Waals surface area contributed by atoms with E-state index in [4.69, 9.17) is 11.6 Å². The number of nitrogens with zero attached hydrogens (tertiary/aromatic N) is 5. The number of halogens is 5. The highest BCUT2D eigenvalue weighted by Gasteiger charge is 2.31. The van der Waals surface area contributed by atoms with Crippen molar-refractivity contribution in [2.75, 3.05) is 30.3 Å². The molecule has 1 aromatic carbocycles. The molecule has 1 saturated heterocycles. The molecule has 2 aromatic heterocycles. The molecular formula is C21H20ClF4N7O3S. The predicted octanol–water partition coefficient (Wildman–Crippen LogP) is 4.01. The van der Waals surface area contributed by atoms with Gasteiger partial charge in [-0.15, -0.1) is 0 Å². The summed E-state index contributed by atoms with van der Waals surface area (Å²) in [6.07, 6.45) is -1.12. The van der Waals surface area contributed by atoms with Gasteiger partial charge in [0.05, 0.1) is 5.02 Å². The number of rotatable bonds is 8. The SMILES string of the molecule is O=S(=O)(c1cccnc1)N1CCC(Nc2nc(Nc3ccc(F)c(Cl)c3)nc(OCC(F)(F)F)n2)CC1. The van der Waals surface area contributed by atoms with Crippen molar-refractivity contribution in [1.82, 2.24) is 24.2 Å². The quantitative estimate of drug-likeness (QED) is 0.393. The molecule has 1 aliphatic rings. The summed E-state index contributed by atoms with van der Waals surface area (Å²) in [5.41, 5.74) is 0.277. The first-order chi connectivity index (χ1) is 17.5. The van der Waals surface area contributed by atoms with Crippen molar-refractivity contribution in [1.29, 1.82) is 0 Å². The van der Waals surface area contributed by atoms with Gasteiger partial charge in [0, 0.05) is 37.2 Å². The van der Waals surface area contributed by atoms with E-state index >= 15 is 0 Å². The second-order valence-corrected chi connectivity index (χ2v) is 10.3. The number of sulfonamides is 1. The maximum absolute atomic E-state index is 13.5. The smallest absolute Gasteiger partial charge is 0.422 e. The van der Waals surface area contributed by atoms with E-state index < -0.39 is 34.6 Å². The van der Waals surface area contributed by atoms with Crippen LogP contribution in [0.3, 0.4) is 0 Å². The highest BCUT2D eigenvalue weighted by Crippen LogP contribution is 2.25. The van der Waals surface area contributed by atoms with Crippen molar-refractivity contribution in [2.45, 2.75) is 30.0 Å². The molecule has 0 saturated carbocycles. The highest BCUT2D eigenvalue weighted by atomic mass is 35.5. The van der Waals surface area contributed by atoms with Gasteiger partial charge < -0.3 is 15.4 Å². The van der Waals surface area contributed by atoms with Crippen LogP contribution in [0.15, 0.2) is 47.6 Å². The lowest BCUT2D eigenvalue weighted by Crippen LogP contribution is -2.42. The second kappa shape index (κ2) is 11.0. The molecule has 0 radical (unpaired) electrons. The predicted molar refractivity (Wildman–Crippen MR) is 126 cm³/mol. The molecule has 16 heteroatoms. The van der Waals surface area contributed by atoms with Crippen LogP contribution in [0.4, 0.5) is 35.1 Å². The van der Waals surface area contributed by atoms with Crippen LogP contribution in [0.5, 0.6) is 6.01 Å². The van der Waals surface area contributed by atoms with Crippen LogP contribution < -0.4 is 15.4 Å². The molecule has 37 heavy (non-hydrogen) atoms. The summed E-state index contributed by atoms with van der Waals surface area (Å²) >= 11 is 5.77. The van der Waals surface area contributed by atoms with Crippen LogP contribution in [-0.2, 0) is 10.0 Å². The Hall–Kier alpha value is -3.30. The molecule has 0 spiro atoms. The van der Waals surface area contributed by atoms with Crippen LogP contribution in [0.25, 0.3) is 0 Å². The molecule has 2 N–H and O–H groups in total. The van der Waals surface area contributed by atoms with Gasteiger partial charge in [-0.1, -0.05) is 11.6 Å². The summed E-state index contributed by atoms with van der Waals surface area (Å²) in [7, 11) is -3.71. The lowest BCUT2D eigenvalue weighted by molar-refractivity contribution is -0.154. The van der Waals surface area contributed by atoms with Crippen LogP contribution in [0, 0.1) is 5.82 Å². The van der Waals surface area contributed by atoms with Crippen LogP contribution in [0.2, 0.25) is 5.02 Å². The number of pyridine rings is 1. The zero-order valence-corrected chi connectivity index (χ0v) is 20.5. The zero-order chi connectivity index (χ0) is 26.6. The van der Waals surface area contributed by atoms with Gasteiger partial charge in [-0.25, -0.2) is 12.8 Å². The first kappa shape index (κ1) is 26.8. The molecule has 1 fully saturated rings. The monoisotopic (exact) mass is 561 g/mol. The Labute approximate surface area is 214 Å². The topological polar surface area (TPSA) is 122 Å². The standard InChI is InChI=1S/C21H20ClF4N7O3S/c22-16-10-14(3-4-17(16)23)29-19-30-18(31-20(32-19)36-12-21(24,25)26)28-13-5-8-33(9-6-13)37(34,35)15-2-1-7-27-11-15/h1-4,7,10-11,13H,5-6,8-9,12H2,(H2,28,29,30,31,32). The van der Waals surface area contributed by atoms with Crippen molar-refractivity contribution in [3.05, 3.63) is 53.6 Å². The fraction of sp³-hybridized carbons (Fsp3) is 0.333. The van der Waals surface area contributed by atoms with Gasteiger partial charge in [-0.05, 0) is 43.2 Å². The maximum atomic E-state index is 13.5. The van der Waals surface area contributed by atoms with E-state index in [-0.39, 0.29) is 46.6 Å². The molecule has 10 nitrogen and oxygen atoms in total. The lowest BCUT2D eigenvalue weighted by atomic mass is 10.1. The van der Waals surface area contributed by atoms with E-state index in [9.17, 15) is 26.0 Å². The van der Waals surface area contributed by atoms with Crippen LogP contribution >= 0.6 is 11.6 Å². The summed E-state index contributed by atoms with van der Waals surface area (Å²) in [6.45, 7) is -1.24. The van der Waals surface area contributed by atoms with Crippen LogP contribution in [0.1, 0.15) is 12.8 Å². The summed E-state index contributed by atoms with van der Waals surface area (Å²) in [6, 6.07) is 5.80. The minimum atomic E-state index is -4.62. The Balaban J connectivity index is 1.48. The number of anilines is 3. The van der Waals surface area contributed by atoms with E-state index in [2.05, 4.69) is 35.3 Å². The first-order valence-electron chi connectivity index (χ1n) is 10.8. The molecule has 0 amide bonds. The van der Waals surface area contributed by atoms with Crippen molar-refractivity contribution < 1.29 is 30.7 Å². The molecule has 3 heterocycles. The maximum Gasteiger partial charge on any atom is 0.422 e. The molecule has 0 atom stereocenters. The third kappa shape index (κ3) is 7.14. The number of nitrogens with one attached hydrogen (secondary N) is 2. The molecule has 4 rings (SSSR count). The molecule has 0 aliphatic carbocycles. The van der Waals surface area contributed by atoms with E-state index in [1.165, 1.54) is 41.0 Å². The fourth-order valence-corrected chi connectivity index (χ4v) is 5.08. The average Bonchev–Trinajstić information content (AvgIpc) is 2.85. The summed E-state index contributed by atoms with van der Waals surface area (Å²) < 4.78 is 83.1. The van der Waals surface area contributed by atoms with E-state index in [0.29, 0.717) is 12.8 Å².